The van der Waals surface area contributed by atoms with Gasteiger partial charge in [0.15, 0.2) is 0 Å². The van der Waals surface area contributed by atoms with Gasteiger partial charge in [-0.15, -0.1) is 0 Å². The lowest BCUT2D eigenvalue weighted by molar-refractivity contribution is -0.137. The van der Waals surface area contributed by atoms with Crippen molar-refractivity contribution in [3.8, 4) is 0 Å². The minimum atomic E-state index is -0.391. The molecule has 1 aliphatic heterocycles. The number of piperidine rings is 1. The molecule has 1 amide bonds. The first-order valence-corrected chi connectivity index (χ1v) is 8.03. The van der Waals surface area contributed by atoms with E-state index in [2.05, 4.69) is 13.8 Å². The number of carbonyl (C=O) groups excluding carboxylic acids is 1. The average Bonchev–Trinajstić information content (AvgIpc) is 2.45. The van der Waals surface area contributed by atoms with Gasteiger partial charge in [0.1, 0.15) is 0 Å². The summed E-state index contributed by atoms with van der Waals surface area (Å²) in [6.07, 6.45) is 2.71. The highest BCUT2D eigenvalue weighted by molar-refractivity contribution is 7.80. The molecule has 3 atom stereocenters. The van der Waals surface area contributed by atoms with Crippen molar-refractivity contribution in [1.82, 2.24) is 4.90 Å². The Kier molecular flexibility index (Phi) is 5.34. The lowest BCUT2D eigenvalue weighted by Crippen LogP contribution is -2.49. The van der Waals surface area contributed by atoms with Gasteiger partial charge in [0, 0.05) is 12.6 Å². The fourth-order valence-corrected chi connectivity index (χ4v) is 3.28. The van der Waals surface area contributed by atoms with Crippen molar-refractivity contribution >= 4 is 23.1 Å². The molecule has 0 aliphatic carbocycles. The molecule has 0 radical (unpaired) electrons. The largest absolute Gasteiger partial charge is 0.393 e. The Balaban J connectivity index is 2.11. The number of carbonyl (C=O) groups is 1. The molecule has 1 saturated heterocycles. The highest BCUT2D eigenvalue weighted by Gasteiger charge is 2.32. The third-order valence-electron chi connectivity index (χ3n) is 4.35. The summed E-state index contributed by atoms with van der Waals surface area (Å²) in [7, 11) is 0. The third kappa shape index (κ3) is 4.03. The summed E-state index contributed by atoms with van der Waals surface area (Å²) in [5.41, 5.74) is 6.95. The van der Waals surface area contributed by atoms with E-state index < -0.39 is 5.92 Å². The van der Waals surface area contributed by atoms with E-state index in [1.54, 1.807) is 0 Å². The summed E-state index contributed by atoms with van der Waals surface area (Å²) >= 11 is 5.15. The first kappa shape index (κ1) is 16.0. The third-order valence-corrected chi connectivity index (χ3v) is 4.63. The maximum atomic E-state index is 12.8. The average molecular weight is 304 g/mol. The molecule has 114 valence electrons. The molecule has 0 bridgehead atoms. The number of likely N-dealkylation sites (tertiary alicyclic amines) is 1. The lowest BCUT2D eigenvalue weighted by atomic mass is 9.90. The molecule has 4 heteroatoms. The van der Waals surface area contributed by atoms with E-state index in [1.807, 2.05) is 35.2 Å². The predicted molar refractivity (Wildman–Crippen MR) is 90.0 cm³/mol. The molecule has 1 aromatic rings. The minimum Gasteiger partial charge on any atom is -0.393 e. The molecule has 1 aromatic carbocycles. The number of rotatable bonds is 4. The maximum Gasteiger partial charge on any atom is 0.233 e. The fraction of sp³-hybridized carbons (Fsp3) is 0.529. The van der Waals surface area contributed by atoms with Crippen molar-refractivity contribution in [3.63, 3.8) is 0 Å². The van der Waals surface area contributed by atoms with Gasteiger partial charge in [-0.2, -0.15) is 0 Å². The van der Waals surface area contributed by atoms with E-state index in [-0.39, 0.29) is 11.9 Å². The van der Waals surface area contributed by atoms with Crippen LogP contribution in [0.1, 0.15) is 32.3 Å². The topological polar surface area (TPSA) is 46.3 Å². The van der Waals surface area contributed by atoms with Crippen molar-refractivity contribution in [3.05, 3.63) is 35.9 Å². The van der Waals surface area contributed by atoms with Crippen LogP contribution in [0.15, 0.2) is 30.3 Å². The summed E-state index contributed by atoms with van der Waals surface area (Å²) in [6, 6.07) is 10.2. The molecule has 1 fully saturated rings. The Morgan fingerprint density at radius 2 is 2.05 bits per heavy atom. The van der Waals surface area contributed by atoms with Crippen LogP contribution in [0, 0.1) is 11.8 Å². The number of hydrogen-bond acceptors (Lipinski definition) is 2. The second kappa shape index (κ2) is 7.03. The second-order valence-corrected chi connectivity index (χ2v) is 6.63. The molecular formula is C17H24N2OS. The Labute approximate surface area is 132 Å². The zero-order valence-electron chi connectivity index (χ0n) is 12.8. The van der Waals surface area contributed by atoms with Crippen LogP contribution < -0.4 is 5.73 Å². The standard InChI is InChI=1S/C17H24N2OS/c1-12-8-9-19(13(2)10-12)17(20)15(16(18)21)11-14-6-4-3-5-7-14/h3-7,12-13,15H,8-11H2,1-2H3,(H2,18,21). The monoisotopic (exact) mass is 304 g/mol. The van der Waals surface area contributed by atoms with Crippen LogP contribution in [-0.4, -0.2) is 28.4 Å². The summed E-state index contributed by atoms with van der Waals surface area (Å²) in [4.78, 5) is 15.1. The number of thiocarbonyl (C=S) groups is 1. The summed E-state index contributed by atoms with van der Waals surface area (Å²) < 4.78 is 0. The van der Waals surface area contributed by atoms with Crippen LogP contribution in [0.25, 0.3) is 0 Å². The highest BCUT2D eigenvalue weighted by Crippen LogP contribution is 2.24. The Hall–Kier alpha value is -1.42. The number of hydrogen-bond donors (Lipinski definition) is 1. The zero-order valence-corrected chi connectivity index (χ0v) is 13.6. The van der Waals surface area contributed by atoms with Crippen molar-refractivity contribution in [2.45, 2.75) is 39.2 Å². The van der Waals surface area contributed by atoms with Gasteiger partial charge in [-0.25, -0.2) is 0 Å². The number of amides is 1. The molecule has 0 spiro atoms. The summed E-state index contributed by atoms with van der Waals surface area (Å²) in [5, 5.41) is 0. The maximum absolute atomic E-state index is 12.8. The molecule has 0 saturated carbocycles. The Bertz CT molecular complexity index is 503. The Morgan fingerprint density at radius 1 is 1.38 bits per heavy atom. The predicted octanol–water partition coefficient (Wildman–Crippen LogP) is 2.78. The van der Waals surface area contributed by atoms with Gasteiger partial charge in [-0.3, -0.25) is 4.79 Å². The first-order valence-electron chi connectivity index (χ1n) is 7.62. The van der Waals surface area contributed by atoms with Crippen LogP contribution in [0.4, 0.5) is 0 Å². The highest BCUT2D eigenvalue weighted by atomic mass is 32.1. The lowest BCUT2D eigenvalue weighted by Gasteiger charge is -2.38. The van der Waals surface area contributed by atoms with Crippen LogP contribution in [-0.2, 0) is 11.2 Å². The number of benzene rings is 1. The Morgan fingerprint density at radius 3 is 2.62 bits per heavy atom. The van der Waals surface area contributed by atoms with E-state index in [4.69, 9.17) is 18.0 Å². The van der Waals surface area contributed by atoms with E-state index in [1.165, 1.54) is 0 Å². The molecule has 3 unspecified atom stereocenters. The molecule has 3 nitrogen and oxygen atoms in total. The fourth-order valence-electron chi connectivity index (χ4n) is 3.09. The van der Waals surface area contributed by atoms with E-state index in [9.17, 15) is 4.79 Å². The SMILES string of the molecule is CC1CCN(C(=O)C(Cc2ccccc2)C(N)=S)C(C)C1. The molecule has 2 N–H and O–H groups in total. The van der Waals surface area contributed by atoms with Crippen molar-refractivity contribution in [1.29, 1.82) is 0 Å². The normalized spacial score (nSPS) is 23.6. The van der Waals surface area contributed by atoms with Gasteiger partial charge in [0.2, 0.25) is 5.91 Å². The van der Waals surface area contributed by atoms with Gasteiger partial charge in [-0.05, 0) is 37.7 Å². The summed E-state index contributed by atoms with van der Waals surface area (Å²) in [5.74, 6) is 0.380. The van der Waals surface area contributed by atoms with Crippen molar-refractivity contribution in [2.24, 2.45) is 17.6 Å². The van der Waals surface area contributed by atoms with Gasteiger partial charge in [0.05, 0.1) is 10.9 Å². The first-order chi connectivity index (χ1) is 9.99. The van der Waals surface area contributed by atoms with Crippen molar-refractivity contribution < 1.29 is 4.79 Å². The van der Waals surface area contributed by atoms with Crippen LogP contribution in [0.5, 0.6) is 0 Å². The number of nitrogens with zero attached hydrogens (tertiary/aromatic N) is 1. The van der Waals surface area contributed by atoms with E-state index in [0.717, 1.165) is 24.9 Å². The smallest absolute Gasteiger partial charge is 0.233 e. The molecule has 1 aliphatic rings. The summed E-state index contributed by atoms with van der Waals surface area (Å²) in [6.45, 7) is 5.18. The van der Waals surface area contributed by atoms with Gasteiger partial charge in [-0.1, -0.05) is 49.5 Å². The minimum absolute atomic E-state index is 0.0887. The molecule has 1 heterocycles. The van der Waals surface area contributed by atoms with E-state index >= 15 is 0 Å². The van der Waals surface area contributed by atoms with Crippen molar-refractivity contribution in [2.75, 3.05) is 6.54 Å². The van der Waals surface area contributed by atoms with Crippen LogP contribution in [0.2, 0.25) is 0 Å². The number of nitrogens with two attached hydrogens (primary N) is 1. The van der Waals surface area contributed by atoms with Gasteiger partial charge >= 0.3 is 0 Å². The molecule has 2 rings (SSSR count). The molecule has 0 aromatic heterocycles. The van der Waals surface area contributed by atoms with Gasteiger partial charge in [0.25, 0.3) is 0 Å². The van der Waals surface area contributed by atoms with Crippen LogP contribution in [0.3, 0.4) is 0 Å². The zero-order chi connectivity index (χ0) is 15.4. The quantitative estimate of drug-likeness (QED) is 0.870. The molecular weight excluding hydrogens is 280 g/mol. The second-order valence-electron chi connectivity index (χ2n) is 6.15. The van der Waals surface area contributed by atoms with E-state index in [0.29, 0.717) is 17.3 Å². The van der Waals surface area contributed by atoms with Gasteiger partial charge < -0.3 is 10.6 Å². The van der Waals surface area contributed by atoms with Crippen LogP contribution >= 0.6 is 12.2 Å². The molecule has 21 heavy (non-hydrogen) atoms.